The largest absolute Gasteiger partial charge is 0.492 e. The van der Waals surface area contributed by atoms with Crippen LogP contribution in [-0.2, 0) is 0 Å². The Morgan fingerprint density at radius 2 is 2.29 bits per heavy atom. The second-order valence-corrected chi connectivity index (χ2v) is 3.76. The van der Waals surface area contributed by atoms with Gasteiger partial charge in [0, 0.05) is 18.6 Å². The van der Waals surface area contributed by atoms with E-state index in [1.165, 1.54) is 18.2 Å². The lowest BCUT2D eigenvalue weighted by molar-refractivity contribution is -0.384. The summed E-state index contributed by atoms with van der Waals surface area (Å²) in [5.41, 5.74) is 5.10. The van der Waals surface area contributed by atoms with Gasteiger partial charge in [0.25, 0.3) is 5.69 Å². The molecule has 17 heavy (non-hydrogen) atoms. The van der Waals surface area contributed by atoms with E-state index in [1.807, 2.05) is 0 Å². The van der Waals surface area contributed by atoms with Crippen LogP contribution in [0.2, 0.25) is 5.02 Å². The van der Waals surface area contributed by atoms with E-state index in [0.717, 1.165) is 0 Å². The van der Waals surface area contributed by atoms with E-state index in [2.05, 4.69) is 0 Å². The van der Waals surface area contributed by atoms with Gasteiger partial charge in [-0.3, -0.25) is 15.5 Å². The molecule has 0 heterocycles. The van der Waals surface area contributed by atoms with E-state index in [0.29, 0.717) is 25.2 Å². The van der Waals surface area contributed by atoms with Crippen LogP contribution >= 0.6 is 11.6 Å². The average Bonchev–Trinajstić information content (AvgIpc) is 2.25. The Bertz CT molecular complexity index is 437. The Morgan fingerprint density at radius 3 is 2.82 bits per heavy atom. The van der Waals surface area contributed by atoms with Crippen LogP contribution in [0.1, 0.15) is 12.8 Å². The van der Waals surface area contributed by atoms with Crippen molar-refractivity contribution in [2.45, 2.75) is 12.8 Å². The third-order valence-electron chi connectivity index (χ3n) is 1.97. The molecular formula is C10H12ClN3O3. The third-order valence-corrected chi connectivity index (χ3v) is 2.27. The highest BCUT2D eigenvalue weighted by atomic mass is 35.5. The van der Waals surface area contributed by atoms with Crippen LogP contribution in [0, 0.1) is 15.5 Å². The van der Waals surface area contributed by atoms with Crippen LogP contribution in [0.3, 0.4) is 0 Å². The number of ether oxygens (including phenoxy) is 1. The van der Waals surface area contributed by atoms with Crippen molar-refractivity contribution in [2.24, 2.45) is 5.73 Å². The summed E-state index contributed by atoms with van der Waals surface area (Å²) in [5.74, 6) is 0.490. The molecular weight excluding hydrogens is 246 g/mol. The van der Waals surface area contributed by atoms with Crippen LogP contribution in [-0.4, -0.2) is 17.4 Å². The zero-order valence-electron chi connectivity index (χ0n) is 8.98. The maximum atomic E-state index is 10.5. The molecule has 0 aliphatic rings. The van der Waals surface area contributed by atoms with E-state index in [1.54, 1.807) is 0 Å². The van der Waals surface area contributed by atoms with Gasteiger partial charge < -0.3 is 10.5 Å². The summed E-state index contributed by atoms with van der Waals surface area (Å²) in [4.78, 5) is 9.95. The number of non-ortho nitro benzene ring substituents is 1. The van der Waals surface area contributed by atoms with Crippen molar-refractivity contribution in [1.82, 2.24) is 0 Å². The Labute approximate surface area is 103 Å². The number of hydrogen-bond acceptors (Lipinski definition) is 4. The zero-order valence-corrected chi connectivity index (χ0v) is 9.74. The first-order valence-electron chi connectivity index (χ1n) is 4.90. The minimum atomic E-state index is -0.522. The van der Waals surface area contributed by atoms with Crippen LogP contribution in [0.5, 0.6) is 5.75 Å². The van der Waals surface area contributed by atoms with Gasteiger partial charge in [0.1, 0.15) is 5.75 Å². The van der Waals surface area contributed by atoms with Crippen LogP contribution in [0.4, 0.5) is 5.69 Å². The lowest BCUT2D eigenvalue weighted by atomic mass is 10.3. The number of hydrogen-bond donors (Lipinski definition) is 2. The summed E-state index contributed by atoms with van der Waals surface area (Å²) in [7, 11) is 0. The number of nitrogens with one attached hydrogen (secondary N) is 1. The SMILES string of the molecule is N=C(N)CCCOc1ccc([N+](=O)[O-])cc1Cl. The normalized spacial score (nSPS) is 9.94. The smallest absolute Gasteiger partial charge is 0.271 e. The first-order valence-corrected chi connectivity index (χ1v) is 5.28. The van der Waals surface area contributed by atoms with Gasteiger partial charge in [-0.15, -0.1) is 0 Å². The summed E-state index contributed by atoms with van der Waals surface area (Å²) in [6, 6.07) is 4.02. The summed E-state index contributed by atoms with van der Waals surface area (Å²) < 4.78 is 5.32. The zero-order chi connectivity index (χ0) is 12.8. The predicted octanol–water partition coefficient (Wildman–Crippen LogP) is 2.34. The fraction of sp³-hybridized carbons (Fsp3) is 0.300. The number of amidine groups is 1. The van der Waals surface area contributed by atoms with Gasteiger partial charge in [0.2, 0.25) is 0 Å². The number of nitro groups is 1. The van der Waals surface area contributed by atoms with E-state index in [4.69, 9.17) is 27.5 Å². The number of nitrogens with zero attached hydrogens (tertiary/aromatic N) is 1. The highest BCUT2D eigenvalue weighted by Gasteiger charge is 2.09. The Balaban J connectivity index is 2.54. The van der Waals surface area contributed by atoms with Crippen molar-refractivity contribution in [3.63, 3.8) is 0 Å². The second-order valence-electron chi connectivity index (χ2n) is 3.35. The topological polar surface area (TPSA) is 102 Å². The first kappa shape index (κ1) is 13.2. The number of rotatable bonds is 6. The molecule has 0 bridgehead atoms. The number of nitrogens with two attached hydrogens (primary N) is 1. The summed E-state index contributed by atoms with van der Waals surface area (Å²) in [5, 5.41) is 17.7. The van der Waals surface area contributed by atoms with E-state index in [-0.39, 0.29) is 16.5 Å². The van der Waals surface area contributed by atoms with Crippen molar-refractivity contribution in [3.8, 4) is 5.75 Å². The minimum Gasteiger partial charge on any atom is -0.492 e. The third kappa shape index (κ3) is 4.28. The highest BCUT2D eigenvalue weighted by molar-refractivity contribution is 6.32. The van der Waals surface area contributed by atoms with Gasteiger partial charge in [0.15, 0.2) is 0 Å². The van der Waals surface area contributed by atoms with Gasteiger partial charge in [-0.1, -0.05) is 11.6 Å². The quantitative estimate of drug-likeness (QED) is 0.268. The fourth-order valence-corrected chi connectivity index (χ4v) is 1.39. The molecule has 7 heteroatoms. The summed E-state index contributed by atoms with van der Waals surface area (Å²) in [6.45, 7) is 0.358. The average molecular weight is 258 g/mol. The Kier molecular flexibility index (Phi) is 4.71. The van der Waals surface area contributed by atoms with Gasteiger partial charge in [-0.05, 0) is 12.5 Å². The molecule has 92 valence electrons. The number of nitro benzene ring substituents is 1. The minimum absolute atomic E-state index is 0.0777. The second kappa shape index (κ2) is 6.05. The maximum Gasteiger partial charge on any atom is 0.271 e. The Hall–Kier alpha value is -1.82. The molecule has 0 radical (unpaired) electrons. The monoisotopic (exact) mass is 257 g/mol. The molecule has 0 fully saturated rings. The van der Waals surface area contributed by atoms with Crippen molar-refractivity contribution in [2.75, 3.05) is 6.61 Å². The molecule has 0 atom stereocenters. The van der Waals surface area contributed by atoms with Crippen LogP contribution in [0.15, 0.2) is 18.2 Å². The standard InChI is InChI=1S/C10H12ClN3O3/c11-8-6-7(14(15)16)3-4-9(8)17-5-1-2-10(12)13/h3-4,6H,1-2,5H2,(H3,12,13). The van der Waals surface area contributed by atoms with E-state index >= 15 is 0 Å². The molecule has 1 aromatic rings. The molecule has 0 unspecified atom stereocenters. The molecule has 0 spiro atoms. The highest BCUT2D eigenvalue weighted by Crippen LogP contribution is 2.28. The lowest BCUT2D eigenvalue weighted by Gasteiger charge is -2.07. The Morgan fingerprint density at radius 1 is 1.59 bits per heavy atom. The number of benzene rings is 1. The van der Waals surface area contributed by atoms with Gasteiger partial charge in [-0.25, -0.2) is 0 Å². The molecule has 0 aliphatic heterocycles. The fourth-order valence-electron chi connectivity index (χ4n) is 1.17. The molecule has 6 nitrogen and oxygen atoms in total. The van der Waals surface area contributed by atoms with Crippen LogP contribution < -0.4 is 10.5 Å². The van der Waals surface area contributed by atoms with E-state index in [9.17, 15) is 10.1 Å². The maximum absolute atomic E-state index is 10.5. The van der Waals surface area contributed by atoms with Crippen molar-refractivity contribution < 1.29 is 9.66 Å². The first-order chi connectivity index (χ1) is 8.00. The van der Waals surface area contributed by atoms with Crippen molar-refractivity contribution in [1.29, 1.82) is 5.41 Å². The molecule has 0 amide bonds. The summed E-state index contributed by atoms with van der Waals surface area (Å²) in [6.07, 6.45) is 1.05. The van der Waals surface area contributed by atoms with Crippen LogP contribution in [0.25, 0.3) is 0 Å². The molecule has 1 aromatic carbocycles. The summed E-state index contributed by atoms with van der Waals surface area (Å²) >= 11 is 5.82. The van der Waals surface area contributed by atoms with Gasteiger partial charge >= 0.3 is 0 Å². The molecule has 0 aliphatic carbocycles. The molecule has 0 saturated carbocycles. The van der Waals surface area contributed by atoms with Crippen molar-refractivity contribution in [3.05, 3.63) is 33.3 Å². The van der Waals surface area contributed by atoms with Gasteiger partial charge in [-0.2, -0.15) is 0 Å². The van der Waals surface area contributed by atoms with E-state index < -0.39 is 4.92 Å². The molecule has 3 N–H and O–H groups in total. The molecule has 1 rings (SSSR count). The number of halogens is 1. The molecule has 0 aromatic heterocycles. The van der Waals surface area contributed by atoms with Crippen molar-refractivity contribution >= 4 is 23.1 Å². The predicted molar refractivity (Wildman–Crippen MR) is 64.7 cm³/mol. The van der Waals surface area contributed by atoms with Gasteiger partial charge in [0.05, 0.1) is 22.4 Å². The molecule has 0 saturated heterocycles. The lowest BCUT2D eigenvalue weighted by Crippen LogP contribution is -2.11.